The van der Waals surface area contributed by atoms with Gasteiger partial charge in [-0.15, -0.1) is 0 Å². The van der Waals surface area contributed by atoms with Crippen molar-refractivity contribution in [3.8, 4) is 11.8 Å². The van der Waals surface area contributed by atoms with Gasteiger partial charge in [0.15, 0.2) is 5.75 Å². The molecule has 20 heavy (non-hydrogen) atoms. The minimum absolute atomic E-state index is 0.0927. The second kappa shape index (κ2) is 5.80. The molecule has 3 N–H and O–H groups in total. The molecule has 0 aromatic heterocycles. The van der Waals surface area contributed by atoms with Gasteiger partial charge in [-0.2, -0.15) is 5.26 Å². The summed E-state index contributed by atoms with van der Waals surface area (Å²) in [5.74, 6) is -0.453. The topological polar surface area (TPSA) is 99.6 Å². The zero-order chi connectivity index (χ0) is 14.7. The van der Waals surface area contributed by atoms with E-state index in [1.54, 1.807) is 12.1 Å². The molecule has 2 rings (SSSR count). The summed E-state index contributed by atoms with van der Waals surface area (Å²) < 4.78 is 4.74. The van der Waals surface area contributed by atoms with Crippen molar-refractivity contribution in [1.29, 1.82) is 5.26 Å². The van der Waals surface area contributed by atoms with Gasteiger partial charge >= 0.3 is 5.97 Å². The van der Waals surface area contributed by atoms with Gasteiger partial charge in [-0.25, -0.2) is 0 Å². The van der Waals surface area contributed by atoms with Crippen LogP contribution in [0.4, 0.5) is 5.69 Å². The zero-order valence-corrected chi connectivity index (χ0v) is 11.3. The Kier molecular flexibility index (Phi) is 4.11. The van der Waals surface area contributed by atoms with Gasteiger partial charge in [-0.05, 0) is 30.7 Å². The number of hydrogen-bond donors (Lipinski definition) is 2. The first-order valence-electron chi connectivity index (χ1n) is 6.36. The second-order valence-electron chi connectivity index (χ2n) is 4.94. The SMILES string of the molecule is COC(=O)[C@@H]1CCN(Cc2cc(N)c(O)c(C#N)c2)C1. The number of rotatable bonds is 3. The Hall–Kier alpha value is -2.26. The van der Waals surface area contributed by atoms with E-state index >= 15 is 0 Å². The Labute approximate surface area is 117 Å². The number of nitrogens with two attached hydrogens (primary N) is 1. The third-order valence-corrected chi connectivity index (χ3v) is 3.53. The standard InChI is InChI=1S/C14H17N3O3/c1-20-14(19)10-2-3-17(8-10)7-9-4-11(6-15)13(18)12(16)5-9/h4-5,10,18H,2-3,7-8,16H2,1H3/t10-/m1/s1. The summed E-state index contributed by atoms with van der Waals surface area (Å²) in [5, 5.41) is 18.5. The molecule has 0 spiro atoms. The molecule has 0 unspecified atom stereocenters. The number of hydrogen-bond acceptors (Lipinski definition) is 6. The predicted octanol–water partition coefficient (Wildman–Crippen LogP) is 0.841. The molecular weight excluding hydrogens is 258 g/mol. The smallest absolute Gasteiger partial charge is 0.310 e. The van der Waals surface area contributed by atoms with Crippen molar-refractivity contribution >= 4 is 11.7 Å². The van der Waals surface area contributed by atoms with Crippen LogP contribution in [0.15, 0.2) is 12.1 Å². The molecule has 1 fully saturated rings. The molecule has 0 amide bonds. The van der Waals surface area contributed by atoms with Crippen LogP contribution in [0.3, 0.4) is 0 Å². The molecule has 1 heterocycles. The lowest BCUT2D eigenvalue weighted by Gasteiger charge is -2.16. The maximum Gasteiger partial charge on any atom is 0.310 e. The fraction of sp³-hybridized carbons (Fsp3) is 0.429. The number of phenols is 1. The quantitative estimate of drug-likeness (QED) is 0.482. The molecular formula is C14H17N3O3. The van der Waals surface area contributed by atoms with Crippen LogP contribution < -0.4 is 5.73 Å². The first-order chi connectivity index (χ1) is 9.55. The molecule has 6 heteroatoms. The van der Waals surface area contributed by atoms with Gasteiger partial charge in [-0.3, -0.25) is 9.69 Å². The molecule has 1 saturated heterocycles. The van der Waals surface area contributed by atoms with Gasteiger partial charge < -0.3 is 15.6 Å². The van der Waals surface area contributed by atoms with Crippen LogP contribution in [0.1, 0.15) is 17.5 Å². The van der Waals surface area contributed by atoms with Crippen molar-refractivity contribution in [3.63, 3.8) is 0 Å². The Bertz CT molecular complexity index is 566. The fourth-order valence-electron chi connectivity index (χ4n) is 2.49. The number of nitrogen functional groups attached to an aromatic ring is 1. The molecule has 1 aromatic carbocycles. The third kappa shape index (κ3) is 2.83. The predicted molar refractivity (Wildman–Crippen MR) is 72.6 cm³/mol. The number of likely N-dealkylation sites (tertiary alicyclic amines) is 1. The highest BCUT2D eigenvalue weighted by Crippen LogP contribution is 2.28. The van der Waals surface area contributed by atoms with Crippen molar-refractivity contribution in [2.24, 2.45) is 5.92 Å². The molecule has 0 radical (unpaired) electrons. The van der Waals surface area contributed by atoms with E-state index in [1.165, 1.54) is 7.11 Å². The molecule has 0 aliphatic carbocycles. The highest BCUT2D eigenvalue weighted by atomic mass is 16.5. The first kappa shape index (κ1) is 14.2. The van der Waals surface area contributed by atoms with Gasteiger partial charge in [-0.1, -0.05) is 0 Å². The summed E-state index contributed by atoms with van der Waals surface area (Å²) >= 11 is 0. The molecule has 1 aliphatic rings. The molecule has 1 atom stereocenters. The van der Waals surface area contributed by atoms with E-state index in [9.17, 15) is 9.90 Å². The largest absolute Gasteiger partial charge is 0.504 e. The summed E-state index contributed by atoms with van der Waals surface area (Å²) in [4.78, 5) is 13.6. The lowest BCUT2D eigenvalue weighted by molar-refractivity contribution is -0.144. The number of carbonyl (C=O) groups excluding carboxylic acids is 1. The van der Waals surface area contributed by atoms with Gasteiger partial charge in [0.25, 0.3) is 0 Å². The monoisotopic (exact) mass is 275 g/mol. The van der Waals surface area contributed by atoms with Gasteiger partial charge in [0, 0.05) is 13.1 Å². The molecule has 0 bridgehead atoms. The molecule has 1 aliphatic heterocycles. The minimum atomic E-state index is -0.185. The Morgan fingerprint density at radius 1 is 1.65 bits per heavy atom. The number of ether oxygens (including phenoxy) is 1. The van der Waals surface area contributed by atoms with Gasteiger partial charge in [0.2, 0.25) is 0 Å². The summed E-state index contributed by atoms with van der Waals surface area (Å²) in [7, 11) is 1.39. The summed E-state index contributed by atoms with van der Waals surface area (Å²) in [5.41, 5.74) is 6.89. The van der Waals surface area contributed by atoms with Crippen LogP contribution in [-0.4, -0.2) is 36.2 Å². The second-order valence-corrected chi connectivity index (χ2v) is 4.94. The van der Waals surface area contributed by atoms with E-state index < -0.39 is 0 Å². The average molecular weight is 275 g/mol. The van der Waals surface area contributed by atoms with E-state index in [0.717, 1.165) is 18.5 Å². The Balaban J connectivity index is 2.07. The number of anilines is 1. The lowest BCUT2D eigenvalue weighted by Crippen LogP contribution is -2.23. The van der Waals surface area contributed by atoms with Crippen molar-refractivity contribution in [1.82, 2.24) is 4.90 Å². The molecule has 106 valence electrons. The fourth-order valence-corrected chi connectivity index (χ4v) is 2.49. The average Bonchev–Trinajstić information content (AvgIpc) is 2.90. The number of methoxy groups -OCH3 is 1. The highest BCUT2D eigenvalue weighted by Gasteiger charge is 2.29. The van der Waals surface area contributed by atoms with E-state index in [2.05, 4.69) is 4.90 Å². The van der Waals surface area contributed by atoms with E-state index in [4.69, 9.17) is 15.7 Å². The maximum atomic E-state index is 11.5. The van der Waals surface area contributed by atoms with Crippen LogP contribution in [-0.2, 0) is 16.1 Å². The molecule has 1 aromatic rings. The maximum absolute atomic E-state index is 11.5. The van der Waals surface area contributed by atoms with Crippen molar-refractivity contribution in [2.75, 3.05) is 25.9 Å². The molecule has 6 nitrogen and oxygen atoms in total. The minimum Gasteiger partial charge on any atom is -0.504 e. The summed E-state index contributed by atoms with van der Waals surface area (Å²) in [6.45, 7) is 2.02. The number of phenolic OH excluding ortho intramolecular Hbond substituents is 1. The summed E-state index contributed by atoms with van der Waals surface area (Å²) in [6, 6.07) is 5.19. The third-order valence-electron chi connectivity index (χ3n) is 3.53. The van der Waals surface area contributed by atoms with E-state index in [1.807, 2.05) is 6.07 Å². The normalized spacial score (nSPS) is 18.7. The zero-order valence-electron chi connectivity index (χ0n) is 11.3. The van der Waals surface area contributed by atoms with Crippen LogP contribution in [0.5, 0.6) is 5.75 Å². The number of nitrogens with zero attached hydrogens (tertiary/aromatic N) is 2. The van der Waals surface area contributed by atoms with Crippen LogP contribution in [0.25, 0.3) is 0 Å². The first-order valence-corrected chi connectivity index (χ1v) is 6.36. The van der Waals surface area contributed by atoms with Crippen molar-refractivity contribution < 1.29 is 14.6 Å². The highest BCUT2D eigenvalue weighted by molar-refractivity contribution is 5.72. The van der Waals surface area contributed by atoms with E-state index in [0.29, 0.717) is 13.1 Å². The number of carbonyl (C=O) groups is 1. The van der Waals surface area contributed by atoms with Crippen molar-refractivity contribution in [3.05, 3.63) is 23.3 Å². The van der Waals surface area contributed by atoms with Gasteiger partial charge in [0.1, 0.15) is 6.07 Å². The number of aromatic hydroxyl groups is 1. The van der Waals surface area contributed by atoms with Crippen LogP contribution in [0, 0.1) is 17.2 Å². The number of esters is 1. The Morgan fingerprint density at radius 2 is 2.40 bits per heavy atom. The summed E-state index contributed by atoms with van der Waals surface area (Å²) in [6.07, 6.45) is 0.769. The Morgan fingerprint density at radius 3 is 3.05 bits per heavy atom. The number of benzene rings is 1. The van der Waals surface area contributed by atoms with Crippen molar-refractivity contribution in [2.45, 2.75) is 13.0 Å². The van der Waals surface area contributed by atoms with Crippen LogP contribution in [0.2, 0.25) is 0 Å². The van der Waals surface area contributed by atoms with Gasteiger partial charge in [0.05, 0.1) is 24.3 Å². The lowest BCUT2D eigenvalue weighted by atomic mass is 10.1. The molecule has 0 saturated carbocycles. The van der Waals surface area contributed by atoms with E-state index in [-0.39, 0.29) is 28.9 Å². The van der Waals surface area contributed by atoms with Crippen LogP contribution >= 0.6 is 0 Å². The number of nitriles is 1.